The molecule has 3 nitrogen and oxygen atoms in total. The Morgan fingerprint density at radius 3 is 2.18 bits per heavy atom. The Morgan fingerprint density at radius 1 is 1.24 bits per heavy atom. The lowest BCUT2D eigenvalue weighted by Gasteiger charge is -2.23. The predicted octanol–water partition coefficient (Wildman–Crippen LogP) is 1.98. The van der Waals surface area contributed by atoms with Gasteiger partial charge in [-0.15, -0.1) is 6.42 Å². The third-order valence-electron chi connectivity index (χ3n) is 1.86. The molecule has 7 heteroatoms. The Bertz CT molecular complexity index is 517. The predicted molar refractivity (Wildman–Crippen MR) is 57.6 cm³/mol. The molecular weight excluding hydrogens is 255 g/mol. The largest absolute Gasteiger partial charge is 0.516 e. The maximum atomic E-state index is 12.4. The number of rotatable bonds is 3. The fourth-order valence-electron chi connectivity index (χ4n) is 1.12. The summed E-state index contributed by atoms with van der Waals surface area (Å²) in [6, 6.07) is 6.87. The lowest BCUT2D eigenvalue weighted by molar-refractivity contribution is -0.0437. The van der Waals surface area contributed by atoms with Crippen LogP contribution in [0.3, 0.4) is 0 Å². The molecule has 1 aromatic rings. The SMILES string of the molecule is C#CCN(c1ccccc1)S(=O)(=O)C(F)(F)F. The standard InChI is InChI=1S/C10H8F3NO2S/c1-2-8-14(9-6-4-3-5-7-9)17(15,16)10(11,12)13/h1,3-7H,8H2. The number of hydrogen-bond acceptors (Lipinski definition) is 2. The lowest BCUT2D eigenvalue weighted by atomic mass is 10.3. The molecule has 0 unspecified atom stereocenters. The molecule has 0 fully saturated rings. The summed E-state index contributed by atoms with van der Waals surface area (Å²) in [5.74, 6) is 1.89. The van der Waals surface area contributed by atoms with E-state index in [1.807, 2.05) is 5.92 Å². The molecule has 0 saturated carbocycles. The van der Waals surface area contributed by atoms with Crippen molar-refractivity contribution in [2.45, 2.75) is 5.51 Å². The van der Waals surface area contributed by atoms with Gasteiger partial charge in [-0.1, -0.05) is 24.1 Å². The van der Waals surface area contributed by atoms with Crippen LogP contribution in [-0.4, -0.2) is 20.5 Å². The normalized spacial score (nSPS) is 11.9. The number of hydrogen-bond donors (Lipinski definition) is 0. The first-order valence-corrected chi connectivity index (χ1v) is 5.82. The van der Waals surface area contributed by atoms with E-state index < -0.39 is 22.1 Å². The van der Waals surface area contributed by atoms with Crippen LogP contribution in [0.4, 0.5) is 18.9 Å². The highest BCUT2D eigenvalue weighted by Crippen LogP contribution is 2.30. The van der Waals surface area contributed by atoms with Crippen molar-refractivity contribution in [3.8, 4) is 12.3 Å². The van der Waals surface area contributed by atoms with Crippen molar-refractivity contribution < 1.29 is 21.6 Å². The van der Waals surface area contributed by atoms with E-state index >= 15 is 0 Å². The van der Waals surface area contributed by atoms with Gasteiger partial charge in [0.15, 0.2) is 0 Å². The van der Waals surface area contributed by atoms with Gasteiger partial charge >= 0.3 is 15.5 Å². The van der Waals surface area contributed by atoms with Crippen LogP contribution in [0.5, 0.6) is 0 Å². The summed E-state index contributed by atoms with van der Waals surface area (Å²) in [5.41, 5.74) is -5.50. The Labute approximate surface area is 96.9 Å². The molecule has 92 valence electrons. The highest BCUT2D eigenvalue weighted by molar-refractivity contribution is 7.93. The van der Waals surface area contributed by atoms with E-state index in [1.165, 1.54) is 24.3 Å². The van der Waals surface area contributed by atoms with Crippen molar-refractivity contribution in [2.75, 3.05) is 10.8 Å². The first-order valence-electron chi connectivity index (χ1n) is 4.38. The second-order valence-electron chi connectivity index (χ2n) is 3.00. The molecule has 0 bridgehead atoms. The Morgan fingerprint density at radius 2 is 1.76 bits per heavy atom. The minimum atomic E-state index is -5.46. The minimum absolute atomic E-state index is 0.122. The van der Waals surface area contributed by atoms with Crippen molar-refractivity contribution in [3.63, 3.8) is 0 Å². The molecule has 0 saturated heterocycles. The third-order valence-corrected chi connectivity index (χ3v) is 3.37. The Balaban J connectivity index is 3.26. The smallest absolute Gasteiger partial charge is 0.251 e. The summed E-state index contributed by atoms with van der Waals surface area (Å²) < 4.78 is 59.8. The summed E-state index contributed by atoms with van der Waals surface area (Å²) in [6.07, 6.45) is 4.88. The van der Waals surface area contributed by atoms with Crippen LogP contribution in [0.15, 0.2) is 30.3 Å². The van der Waals surface area contributed by atoms with Gasteiger partial charge in [0.1, 0.15) is 0 Å². The molecule has 0 atom stereocenters. The van der Waals surface area contributed by atoms with Crippen molar-refractivity contribution in [3.05, 3.63) is 30.3 Å². The van der Waals surface area contributed by atoms with Crippen LogP contribution in [0.25, 0.3) is 0 Å². The number of benzene rings is 1. The average Bonchev–Trinajstić information content (AvgIpc) is 2.25. The zero-order chi connectivity index (χ0) is 13.1. The van der Waals surface area contributed by atoms with Gasteiger partial charge in [-0.25, -0.2) is 0 Å². The van der Waals surface area contributed by atoms with Crippen molar-refractivity contribution >= 4 is 15.7 Å². The summed E-state index contributed by atoms with van der Waals surface area (Å²) in [5, 5.41) is 0. The van der Waals surface area contributed by atoms with Gasteiger partial charge in [-0.2, -0.15) is 21.6 Å². The average molecular weight is 263 g/mol. The van der Waals surface area contributed by atoms with Crippen LogP contribution in [0.2, 0.25) is 0 Å². The Kier molecular flexibility index (Phi) is 3.68. The van der Waals surface area contributed by atoms with Crippen LogP contribution in [0, 0.1) is 12.3 Å². The van der Waals surface area contributed by atoms with Gasteiger partial charge in [-0.05, 0) is 12.1 Å². The molecule has 1 rings (SSSR count). The topological polar surface area (TPSA) is 37.4 Å². The monoisotopic (exact) mass is 263 g/mol. The molecule has 0 heterocycles. The van der Waals surface area contributed by atoms with E-state index in [4.69, 9.17) is 6.42 Å². The molecule has 0 aliphatic carbocycles. The van der Waals surface area contributed by atoms with E-state index in [9.17, 15) is 21.6 Å². The fourth-order valence-corrected chi connectivity index (χ4v) is 2.01. The number of anilines is 1. The number of nitrogens with zero attached hydrogens (tertiary/aromatic N) is 1. The fraction of sp³-hybridized carbons (Fsp3) is 0.200. The van der Waals surface area contributed by atoms with E-state index in [1.54, 1.807) is 6.07 Å². The maximum Gasteiger partial charge on any atom is 0.516 e. The van der Waals surface area contributed by atoms with Gasteiger partial charge in [0.2, 0.25) is 0 Å². The quantitative estimate of drug-likeness (QED) is 0.782. The van der Waals surface area contributed by atoms with Crippen molar-refractivity contribution in [1.82, 2.24) is 0 Å². The van der Waals surface area contributed by atoms with Crippen molar-refractivity contribution in [1.29, 1.82) is 0 Å². The lowest BCUT2D eigenvalue weighted by Crippen LogP contribution is -2.41. The summed E-state index contributed by atoms with van der Waals surface area (Å²) in [4.78, 5) is 0. The number of sulfonamides is 1. The zero-order valence-electron chi connectivity index (χ0n) is 8.48. The molecule has 0 aliphatic rings. The number of alkyl halides is 3. The zero-order valence-corrected chi connectivity index (χ0v) is 9.29. The molecule has 0 amide bonds. The number of terminal acetylenes is 1. The van der Waals surface area contributed by atoms with Crippen LogP contribution in [-0.2, 0) is 10.0 Å². The second-order valence-corrected chi connectivity index (χ2v) is 4.85. The number of halogens is 3. The molecule has 0 aromatic heterocycles. The molecule has 0 N–H and O–H groups in total. The minimum Gasteiger partial charge on any atom is -0.251 e. The second kappa shape index (κ2) is 4.67. The molecule has 1 aromatic carbocycles. The summed E-state index contributed by atoms with van der Waals surface area (Å²) in [6.45, 7) is -0.675. The first-order chi connectivity index (χ1) is 7.80. The van der Waals surface area contributed by atoms with Crippen LogP contribution < -0.4 is 4.31 Å². The van der Waals surface area contributed by atoms with E-state index in [2.05, 4.69) is 0 Å². The molecule has 0 spiro atoms. The molecule has 0 radical (unpaired) electrons. The Hall–Kier alpha value is -1.68. The maximum absolute atomic E-state index is 12.4. The van der Waals surface area contributed by atoms with E-state index in [0.717, 1.165) is 0 Å². The number of para-hydroxylation sites is 1. The molecule has 17 heavy (non-hydrogen) atoms. The van der Waals surface area contributed by atoms with Gasteiger partial charge in [0.05, 0.1) is 12.2 Å². The summed E-state index contributed by atoms with van der Waals surface area (Å²) >= 11 is 0. The van der Waals surface area contributed by atoms with Gasteiger partial charge in [-0.3, -0.25) is 4.31 Å². The first kappa shape index (κ1) is 13.4. The highest BCUT2D eigenvalue weighted by atomic mass is 32.2. The highest BCUT2D eigenvalue weighted by Gasteiger charge is 2.50. The van der Waals surface area contributed by atoms with Crippen molar-refractivity contribution in [2.24, 2.45) is 0 Å². The van der Waals surface area contributed by atoms with Gasteiger partial charge in [0, 0.05) is 0 Å². The van der Waals surface area contributed by atoms with E-state index in [-0.39, 0.29) is 9.99 Å². The summed E-state index contributed by atoms with van der Waals surface area (Å²) in [7, 11) is -5.46. The van der Waals surface area contributed by atoms with Gasteiger partial charge in [0.25, 0.3) is 0 Å². The molecule has 0 aliphatic heterocycles. The third kappa shape index (κ3) is 2.71. The van der Waals surface area contributed by atoms with Crippen LogP contribution in [0.1, 0.15) is 0 Å². The van der Waals surface area contributed by atoms with Gasteiger partial charge < -0.3 is 0 Å². The molecular formula is C10H8F3NO2S. The van der Waals surface area contributed by atoms with E-state index in [0.29, 0.717) is 0 Å². The van der Waals surface area contributed by atoms with Crippen LogP contribution >= 0.6 is 0 Å².